The van der Waals surface area contributed by atoms with E-state index in [-0.39, 0.29) is 12.6 Å². The molecule has 0 saturated carbocycles. The molecule has 0 bridgehead atoms. The van der Waals surface area contributed by atoms with Gasteiger partial charge in [-0.2, -0.15) is 0 Å². The average Bonchev–Trinajstić information content (AvgIpc) is 3.07. The average molecular weight is 291 g/mol. The molecule has 0 radical (unpaired) electrons. The number of benzene rings is 2. The minimum absolute atomic E-state index is 0.0269. The Labute approximate surface area is 129 Å². The number of aromatic nitrogens is 3. The van der Waals surface area contributed by atoms with Crippen LogP contribution in [-0.4, -0.2) is 26.7 Å². The quantitative estimate of drug-likeness (QED) is 0.785. The molecular formula is C18H17N3O. The summed E-state index contributed by atoms with van der Waals surface area (Å²) in [6, 6.07) is 19.6. The predicted octanol–water partition coefficient (Wildman–Crippen LogP) is 3.19. The van der Waals surface area contributed by atoms with Crippen molar-refractivity contribution in [1.82, 2.24) is 15.0 Å². The van der Waals surface area contributed by atoms with Crippen molar-refractivity contribution < 1.29 is 5.11 Å². The summed E-state index contributed by atoms with van der Waals surface area (Å²) < 4.78 is 1.68. The van der Waals surface area contributed by atoms with Crippen LogP contribution in [0.2, 0.25) is 0 Å². The molecule has 4 nitrogen and oxygen atoms in total. The van der Waals surface area contributed by atoms with Gasteiger partial charge in [0.15, 0.2) is 0 Å². The SMILES string of the molecule is OCC(/C=C/c1ccccc1)n1cc(-c2ccccc2)nn1. The molecule has 1 aromatic heterocycles. The Balaban J connectivity index is 1.80. The Hall–Kier alpha value is -2.72. The van der Waals surface area contributed by atoms with Crippen LogP contribution in [-0.2, 0) is 0 Å². The normalized spacial score (nSPS) is 12.6. The van der Waals surface area contributed by atoms with E-state index in [9.17, 15) is 5.11 Å². The van der Waals surface area contributed by atoms with Crippen molar-refractivity contribution in [1.29, 1.82) is 0 Å². The van der Waals surface area contributed by atoms with Gasteiger partial charge in [0, 0.05) is 5.56 Å². The highest BCUT2D eigenvalue weighted by Crippen LogP contribution is 2.17. The van der Waals surface area contributed by atoms with E-state index in [2.05, 4.69) is 10.3 Å². The number of nitrogens with zero attached hydrogens (tertiary/aromatic N) is 3. The van der Waals surface area contributed by atoms with Crippen LogP contribution in [0, 0.1) is 0 Å². The topological polar surface area (TPSA) is 50.9 Å². The van der Waals surface area contributed by atoms with E-state index in [0.717, 1.165) is 16.8 Å². The molecule has 0 amide bonds. The molecule has 22 heavy (non-hydrogen) atoms. The molecule has 0 spiro atoms. The Morgan fingerprint density at radius 3 is 2.36 bits per heavy atom. The van der Waals surface area contributed by atoms with Crippen LogP contribution >= 0.6 is 0 Å². The molecule has 0 aliphatic heterocycles. The summed E-state index contributed by atoms with van der Waals surface area (Å²) in [6.45, 7) is -0.0269. The molecule has 1 unspecified atom stereocenters. The molecule has 1 heterocycles. The van der Waals surface area contributed by atoms with Crippen LogP contribution in [0.4, 0.5) is 0 Å². The first-order valence-corrected chi connectivity index (χ1v) is 7.18. The largest absolute Gasteiger partial charge is 0.394 e. The third-order valence-corrected chi connectivity index (χ3v) is 3.42. The molecule has 4 heteroatoms. The highest BCUT2D eigenvalue weighted by atomic mass is 16.3. The molecule has 0 aliphatic carbocycles. The molecule has 2 aromatic carbocycles. The fraction of sp³-hybridized carbons (Fsp3) is 0.111. The monoisotopic (exact) mass is 291 g/mol. The second-order valence-corrected chi connectivity index (χ2v) is 4.97. The summed E-state index contributed by atoms with van der Waals surface area (Å²) in [5, 5.41) is 17.9. The number of aliphatic hydroxyl groups is 1. The van der Waals surface area contributed by atoms with E-state index < -0.39 is 0 Å². The minimum atomic E-state index is -0.231. The first-order valence-electron chi connectivity index (χ1n) is 7.18. The molecule has 3 aromatic rings. The van der Waals surface area contributed by atoms with Crippen LogP contribution in [0.25, 0.3) is 17.3 Å². The van der Waals surface area contributed by atoms with Crippen molar-refractivity contribution in [2.45, 2.75) is 6.04 Å². The smallest absolute Gasteiger partial charge is 0.113 e. The van der Waals surface area contributed by atoms with Crippen LogP contribution in [0.15, 0.2) is 72.9 Å². The van der Waals surface area contributed by atoms with Gasteiger partial charge in [-0.15, -0.1) is 5.10 Å². The number of hydrogen-bond acceptors (Lipinski definition) is 3. The Morgan fingerprint density at radius 2 is 1.68 bits per heavy atom. The molecule has 0 aliphatic rings. The summed E-state index contributed by atoms with van der Waals surface area (Å²) in [7, 11) is 0. The molecule has 110 valence electrons. The van der Waals surface area contributed by atoms with Gasteiger partial charge in [0.1, 0.15) is 5.69 Å². The van der Waals surface area contributed by atoms with Crippen molar-refractivity contribution in [3.63, 3.8) is 0 Å². The Kier molecular flexibility index (Phi) is 4.41. The first-order chi connectivity index (χ1) is 10.9. The fourth-order valence-electron chi connectivity index (χ4n) is 2.20. The van der Waals surface area contributed by atoms with Crippen LogP contribution in [0.3, 0.4) is 0 Å². The van der Waals surface area contributed by atoms with Crippen LogP contribution in [0.1, 0.15) is 11.6 Å². The maximum atomic E-state index is 9.60. The highest BCUT2D eigenvalue weighted by molar-refractivity contribution is 5.57. The summed E-state index contributed by atoms with van der Waals surface area (Å²) in [5.41, 5.74) is 2.90. The van der Waals surface area contributed by atoms with E-state index in [1.165, 1.54) is 0 Å². The third-order valence-electron chi connectivity index (χ3n) is 3.42. The molecule has 1 N–H and O–H groups in total. The van der Waals surface area contributed by atoms with Gasteiger partial charge in [0.25, 0.3) is 0 Å². The second-order valence-electron chi connectivity index (χ2n) is 4.97. The Morgan fingerprint density at radius 1 is 1.00 bits per heavy atom. The van der Waals surface area contributed by atoms with E-state index in [1.54, 1.807) is 4.68 Å². The van der Waals surface area contributed by atoms with Gasteiger partial charge < -0.3 is 5.11 Å². The molecule has 0 saturated heterocycles. The summed E-state index contributed by atoms with van der Waals surface area (Å²) in [4.78, 5) is 0. The summed E-state index contributed by atoms with van der Waals surface area (Å²) >= 11 is 0. The maximum Gasteiger partial charge on any atom is 0.113 e. The van der Waals surface area contributed by atoms with Crippen molar-refractivity contribution in [3.05, 3.63) is 78.5 Å². The van der Waals surface area contributed by atoms with Crippen molar-refractivity contribution in [2.24, 2.45) is 0 Å². The van der Waals surface area contributed by atoms with Crippen molar-refractivity contribution in [3.8, 4) is 11.3 Å². The lowest BCUT2D eigenvalue weighted by Crippen LogP contribution is -2.11. The van der Waals surface area contributed by atoms with Gasteiger partial charge in [0.2, 0.25) is 0 Å². The van der Waals surface area contributed by atoms with Crippen molar-refractivity contribution >= 4 is 6.08 Å². The van der Waals surface area contributed by atoms with E-state index >= 15 is 0 Å². The zero-order valence-corrected chi connectivity index (χ0v) is 12.1. The predicted molar refractivity (Wildman–Crippen MR) is 87.1 cm³/mol. The van der Waals surface area contributed by atoms with Crippen LogP contribution < -0.4 is 0 Å². The highest BCUT2D eigenvalue weighted by Gasteiger charge is 2.10. The van der Waals surface area contributed by atoms with E-state index in [0.29, 0.717) is 0 Å². The van der Waals surface area contributed by atoms with Gasteiger partial charge in [-0.1, -0.05) is 78.0 Å². The number of hydrogen-bond donors (Lipinski definition) is 1. The summed E-state index contributed by atoms with van der Waals surface area (Å²) in [5.74, 6) is 0. The standard InChI is InChI=1S/C18H17N3O/c22-14-17(12-11-15-7-3-1-4-8-15)21-13-18(19-20-21)16-9-5-2-6-10-16/h1-13,17,22H,14H2/b12-11+. The van der Waals surface area contributed by atoms with Crippen LogP contribution in [0.5, 0.6) is 0 Å². The Bertz CT molecular complexity index is 735. The minimum Gasteiger partial charge on any atom is -0.394 e. The van der Waals surface area contributed by atoms with Gasteiger partial charge in [-0.25, -0.2) is 4.68 Å². The zero-order chi connectivity index (χ0) is 15.2. The second kappa shape index (κ2) is 6.83. The van der Waals surface area contributed by atoms with Crippen molar-refractivity contribution in [2.75, 3.05) is 6.61 Å². The lowest BCUT2D eigenvalue weighted by atomic mass is 10.1. The molecule has 1 atom stereocenters. The van der Waals surface area contributed by atoms with Gasteiger partial charge in [-0.05, 0) is 5.56 Å². The fourth-order valence-corrected chi connectivity index (χ4v) is 2.20. The third kappa shape index (κ3) is 3.30. The molecular weight excluding hydrogens is 274 g/mol. The first kappa shape index (κ1) is 14.2. The van der Waals surface area contributed by atoms with Gasteiger partial charge >= 0.3 is 0 Å². The van der Waals surface area contributed by atoms with Gasteiger partial charge in [0.05, 0.1) is 18.8 Å². The zero-order valence-electron chi connectivity index (χ0n) is 12.1. The van der Waals surface area contributed by atoms with E-state index in [1.807, 2.05) is 79.0 Å². The number of aliphatic hydroxyl groups excluding tert-OH is 1. The lowest BCUT2D eigenvalue weighted by Gasteiger charge is -2.08. The lowest BCUT2D eigenvalue weighted by molar-refractivity contribution is 0.244. The molecule has 0 fully saturated rings. The van der Waals surface area contributed by atoms with Gasteiger partial charge in [-0.3, -0.25) is 0 Å². The number of rotatable bonds is 5. The summed E-state index contributed by atoms with van der Waals surface area (Å²) in [6.07, 6.45) is 5.76. The van der Waals surface area contributed by atoms with E-state index in [4.69, 9.17) is 0 Å². The maximum absolute atomic E-state index is 9.60. The molecule has 3 rings (SSSR count).